The highest BCUT2D eigenvalue weighted by atomic mass is 35.5. The number of hydrogen-bond acceptors (Lipinski definition) is 3. The lowest BCUT2D eigenvalue weighted by molar-refractivity contribution is -0.130. The van der Waals surface area contributed by atoms with Gasteiger partial charge in [0.2, 0.25) is 5.91 Å². The monoisotopic (exact) mass is 366 g/mol. The van der Waals surface area contributed by atoms with Crippen LogP contribution in [0.15, 0.2) is 48.5 Å². The number of benzene rings is 2. The molecule has 0 aromatic heterocycles. The number of carbonyl (C=O) groups is 2. The standard InChI is InChI=1S/C17H16Cl2N2O3/c18-13-6-2-1-5-12(13)9-10-16(22)20-21-17(23)11-24-15-8-4-3-7-14(15)19/h1-8H,9-11H2,(H,20,22)(H,21,23). The molecule has 0 atom stereocenters. The van der Waals surface area contributed by atoms with Crippen LogP contribution >= 0.6 is 23.2 Å². The molecular weight excluding hydrogens is 351 g/mol. The number of hydrogen-bond donors (Lipinski definition) is 2. The van der Waals surface area contributed by atoms with E-state index >= 15 is 0 Å². The molecule has 2 amide bonds. The first kappa shape index (κ1) is 18.1. The van der Waals surface area contributed by atoms with Crippen molar-refractivity contribution in [3.8, 4) is 5.75 Å². The van der Waals surface area contributed by atoms with Crippen LogP contribution in [0.4, 0.5) is 0 Å². The molecule has 2 aromatic rings. The summed E-state index contributed by atoms with van der Waals surface area (Å²) in [6, 6.07) is 14.1. The average molecular weight is 367 g/mol. The fraction of sp³-hybridized carbons (Fsp3) is 0.176. The SMILES string of the molecule is O=C(CCc1ccccc1Cl)NNC(=O)COc1ccccc1Cl. The van der Waals surface area contributed by atoms with E-state index in [1.165, 1.54) is 0 Å². The minimum atomic E-state index is -0.485. The minimum absolute atomic E-state index is 0.204. The fourth-order valence-corrected chi connectivity index (χ4v) is 2.31. The number of carbonyl (C=O) groups excluding carboxylic acids is 2. The largest absolute Gasteiger partial charge is 0.482 e. The van der Waals surface area contributed by atoms with Gasteiger partial charge in [-0.3, -0.25) is 20.4 Å². The summed E-state index contributed by atoms with van der Waals surface area (Å²) in [5.41, 5.74) is 5.49. The van der Waals surface area contributed by atoms with E-state index < -0.39 is 5.91 Å². The van der Waals surface area contributed by atoms with Crippen LogP contribution in [0.5, 0.6) is 5.75 Å². The van der Waals surface area contributed by atoms with Gasteiger partial charge in [-0.15, -0.1) is 0 Å². The van der Waals surface area contributed by atoms with Gasteiger partial charge in [-0.1, -0.05) is 53.5 Å². The second kappa shape index (κ2) is 9.15. The van der Waals surface area contributed by atoms with Gasteiger partial charge in [-0.25, -0.2) is 0 Å². The first-order valence-electron chi connectivity index (χ1n) is 7.24. The zero-order chi connectivity index (χ0) is 17.4. The van der Waals surface area contributed by atoms with Gasteiger partial charge in [-0.05, 0) is 30.2 Å². The van der Waals surface area contributed by atoms with Crippen molar-refractivity contribution in [2.24, 2.45) is 0 Å². The van der Waals surface area contributed by atoms with E-state index in [4.69, 9.17) is 27.9 Å². The predicted octanol–water partition coefficient (Wildman–Crippen LogP) is 3.15. The van der Waals surface area contributed by atoms with Crippen molar-refractivity contribution < 1.29 is 14.3 Å². The highest BCUT2D eigenvalue weighted by molar-refractivity contribution is 6.32. The van der Waals surface area contributed by atoms with Crippen LogP contribution in [0.25, 0.3) is 0 Å². The van der Waals surface area contributed by atoms with Crippen LogP contribution in [0, 0.1) is 0 Å². The minimum Gasteiger partial charge on any atom is -0.482 e. The quantitative estimate of drug-likeness (QED) is 0.771. The molecule has 126 valence electrons. The summed E-state index contributed by atoms with van der Waals surface area (Å²) >= 11 is 11.9. The highest BCUT2D eigenvalue weighted by Gasteiger charge is 2.08. The van der Waals surface area contributed by atoms with Gasteiger partial charge < -0.3 is 4.74 Å². The Labute approximate surface area is 149 Å². The van der Waals surface area contributed by atoms with E-state index in [1.54, 1.807) is 30.3 Å². The van der Waals surface area contributed by atoms with Crippen molar-refractivity contribution in [3.05, 3.63) is 64.1 Å². The van der Waals surface area contributed by atoms with Crippen LogP contribution < -0.4 is 15.6 Å². The third-order valence-corrected chi connectivity index (χ3v) is 3.80. The Morgan fingerprint density at radius 1 is 0.875 bits per heavy atom. The van der Waals surface area contributed by atoms with Crippen molar-refractivity contribution >= 4 is 35.0 Å². The third-order valence-electron chi connectivity index (χ3n) is 3.12. The van der Waals surface area contributed by atoms with Crippen molar-refractivity contribution in [2.75, 3.05) is 6.61 Å². The number of aryl methyl sites for hydroxylation is 1. The van der Waals surface area contributed by atoms with Gasteiger partial charge in [0.25, 0.3) is 5.91 Å². The molecule has 0 aliphatic carbocycles. The maximum atomic E-state index is 11.7. The Bertz CT molecular complexity index is 661. The molecule has 2 N–H and O–H groups in total. The molecule has 0 unspecified atom stereocenters. The zero-order valence-corrected chi connectivity index (χ0v) is 14.2. The van der Waals surface area contributed by atoms with Crippen molar-refractivity contribution in [1.29, 1.82) is 0 Å². The number of halogens is 2. The van der Waals surface area contributed by atoms with Gasteiger partial charge in [0.05, 0.1) is 5.02 Å². The maximum Gasteiger partial charge on any atom is 0.276 e. The predicted molar refractivity (Wildman–Crippen MR) is 93.0 cm³/mol. The molecular formula is C17H16Cl2N2O3. The highest BCUT2D eigenvalue weighted by Crippen LogP contribution is 2.22. The molecule has 0 saturated carbocycles. The summed E-state index contributed by atoms with van der Waals surface area (Å²) in [7, 11) is 0. The van der Waals surface area contributed by atoms with Gasteiger partial charge in [-0.2, -0.15) is 0 Å². The summed E-state index contributed by atoms with van der Waals surface area (Å²) in [5.74, 6) is -0.401. The lowest BCUT2D eigenvalue weighted by Gasteiger charge is -2.10. The van der Waals surface area contributed by atoms with Crippen LogP contribution in [-0.2, 0) is 16.0 Å². The number of hydrazine groups is 1. The Kier molecular flexibility index (Phi) is 6.90. The number of ether oxygens (including phenoxy) is 1. The molecule has 2 aromatic carbocycles. The molecule has 0 fully saturated rings. The van der Waals surface area contributed by atoms with Gasteiger partial charge in [0.15, 0.2) is 6.61 Å². The Morgan fingerprint density at radius 2 is 1.50 bits per heavy atom. The topological polar surface area (TPSA) is 67.4 Å². The molecule has 0 heterocycles. The smallest absolute Gasteiger partial charge is 0.276 e. The van der Waals surface area contributed by atoms with E-state index in [0.717, 1.165) is 5.56 Å². The van der Waals surface area contributed by atoms with Crippen molar-refractivity contribution in [2.45, 2.75) is 12.8 Å². The average Bonchev–Trinajstić information content (AvgIpc) is 2.58. The van der Waals surface area contributed by atoms with E-state index in [-0.39, 0.29) is 18.9 Å². The Balaban J connectivity index is 1.69. The lowest BCUT2D eigenvalue weighted by atomic mass is 10.1. The molecule has 0 radical (unpaired) electrons. The summed E-state index contributed by atoms with van der Waals surface area (Å²) < 4.78 is 5.26. The van der Waals surface area contributed by atoms with Crippen molar-refractivity contribution in [3.63, 3.8) is 0 Å². The van der Waals surface area contributed by atoms with Gasteiger partial charge >= 0.3 is 0 Å². The van der Waals surface area contributed by atoms with Crippen LogP contribution in [0.3, 0.4) is 0 Å². The molecule has 24 heavy (non-hydrogen) atoms. The fourth-order valence-electron chi connectivity index (χ4n) is 1.89. The van der Waals surface area contributed by atoms with Gasteiger partial charge in [0.1, 0.15) is 5.75 Å². The van der Waals surface area contributed by atoms with E-state index in [2.05, 4.69) is 10.9 Å². The second-order valence-electron chi connectivity index (χ2n) is 4.91. The number of nitrogens with one attached hydrogen (secondary N) is 2. The van der Waals surface area contributed by atoms with E-state index in [0.29, 0.717) is 22.2 Å². The summed E-state index contributed by atoms with van der Waals surface area (Å²) in [6.07, 6.45) is 0.687. The second-order valence-corrected chi connectivity index (χ2v) is 5.72. The normalized spacial score (nSPS) is 10.1. The number of rotatable bonds is 6. The van der Waals surface area contributed by atoms with Crippen LogP contribution in [0.1, 0.15) is 12.0 Å². The van der Waals surface area contributed by atoms with Crippen molar-refractivity contribution in [1.82, 2.24) is 10.9 Å². The molecule has 5 nitrogen and oxygen atoms in total. The molecule has 0 saturated heterocycles. The van der Waals surface area contributed by atoms with Gasteiger partial charge in [0, 0.05) is 11.4 Å². The molecule has 0 aliphatic rings. The zero-order valence-electron chi connectivity index (χ0n) is 12.7. The lowest BCUT2D eigenvalue weighted by Crippen LogP contribution is -2.43. The van der Waals surface area contributed by atoms with E-state index in [9.17, 15) is 9.59 Å². The van der Waals surface area contributed by atoms with Crippen LogP contribution in [-0.4, -0.2) is 18.4 Å². The first-order chi connectivity index (χ1) is 11.6. The Morgan fingerprint density at radius 3 is 2.21 bits per heavy atom. The molecule has 0 spiro atoms. The molecule has 0 bridgehead atoms. The number of amides is 2. The molecule has 0 aliphatic heterocycles. The Hall–Kier alpha value is -2.24. The third kappa shape index (κ3) is 5.76. The molecule has 2 rings (SSSR count). The molecule has 7 heteroatoms. The number of para-hydroxylation sites is 1. The van der Waals surface area contributed by atoms with Crippen LogP contribution in [0.2, 0.25) is 10.0 Å². The maximum absolute atomic E-state index is 11.7. The summed E-state index contributed by atoms with van der Waals surface area (Å²) in [4.78, 5) is 23.4. The summed E-state index contributed by atoms with van der Waals surface area (Å²) in [5, 5.41) is 1.02. The summed E-state index contributed by atoms with van der Waals surface area (Å²) in [6.45, 7) is -0.255. The first-order valence-corrected chi connectivity index (χ1v) is 8.00. The van der Waals surface area contributed by atoms with E-state index in [1.807, 2.05) is 18.2 Å².